The van der Waals surface area contributed by atoms with Gasteiger partial charge < -0.3 is 15.2 Å². The minimum atomic E-state index is 0.231. The maximum Gasteiger partial charge on any atom is 0.126 e. The molecule has 0 saturated heterocycles. The smallest absolute Gasteiger partial charge is 0.126 e. The first-order valence-corrected chi connectivity index (χ1v) is 8.89. The van der Waals surface area contributed by atoms with Gasteiger partial charge in [-0.25, -0.2) is 0 Å². The Balaban J connectivity index is 2.24. The highest BCUT2D eigenvalue weighted by Gasteiger charge is 2.17. The topological polar surface area (TPSA) is 44.5 Å². The largest absolute Gasteiger partial charge is 0.494 e. The minimum absolute atomic E-state index is 0.231. The van der Waals surface area contributed by atoms with Crippen LogP contribution in [-0.4, -0.2) is 19.8 Å². The maximum atomic E-state index is 6.08. The fourth-order valence-corrected chi connectivity index (χ4v) is 2.90. The van der Waals surface area contributed by atoms with Crippen LogP contribution in [0.5, 0.6) is 11.5 Å². The number of benzene rings is 2. The SMILES string of the molecule is CCOc1ccc(C(CN)Cc2ccc(CC)cc2)c(OCC)c1. The molecular weight excluding hydrogens is 298 g/mol. The van der Waals surface area contributed by atoms with Gasteiger partial charge in [-0.15, -0.1) is 0 Å². The Labute approximate surface area is 145 Å². The molecule has 0 fully saturated rings. The first kappa shape index (κ1) is 18.3. The van der Waals surface area contributed by atoms with E-state index < -0.39 is 0 Å². The van der Waals surface area contributed by atoms with Crippen LogP contribution in [0.15, 0.2) is 42.5 Å². The molecule has 0 aliphatic heterocycles. The van der Waals surface area contributed by atoms with Crippen LogP contribution in [0.2, 0.25) is 0 Å². The standard InChI is InChI=1S/C21H29NO2/c1-4-16-7-9-17(10-8-16)13-18(15-22)20-12-11-19(23-5-2)14-21(20)24-6-3/h7-12,14,18H,4-6,13,15,22H2,1-3H3. The van der Waals surface area contributed by atoms with Gasteiger partial charge in [0.2, 0.25) is 0 Å². The molecule has 2 aromatic rings. The van der Waals surface area contributed by atoms with Crippen molar-refractivity contribution in [3.05, 3.63) is 59.2 Å². The van der Waals surface area contributed by atoms with E-state index >= 15 is 0 Å². The number of rotatable bonds is 9. The van der Waals surface area contributed by atoms with Crippen LogP contribution in [-0.2, 0) is 12.8 Å². The summed E-state index contributed by atoms with van der Waals surface area (Å²) in [5, 5.41) is 0. The van der Waals surface area contributed by atoms with Gasteiger partial charge in [0.05, 0.1) is 13.2 Å². The highest BCUT2D eigenvalue weighted by molar-refractivity contribution is 5.43. The van der Waals surface area contributed by atoms with Crippen molar-refractivity contribution in [2.24, 2.45) is 5.73 Å². The van der Waals surface area contributed by atoms with E-state index in [0.29, 0.717) is 19.8 Å². The molecular formula is C21H29NO2. The monoisotopic (exact) mass is 327 g/mol. The molecule has 0 aromatic heterocycles. The van der Waals surface area contributed by atoms with E-state index in [2.05, 4.69) is 37.3 Å². The van der Waals surface area contributed by atoms with E-state index in [-0.39, 0.29) is 5.92 Å². The number of nitrogens with two attached hydrogens (primary N) is 1. The van der Waals surface area contributed by atoms with Gasteiger partial charge in [0.15, 0.2) is 0 Å². The molecule has 2 rings (SSSR count). The third kappa shape index (κ3) is 4.75. The third-order valence-electron chi connectivity index (χ3n) is 4.23. The summed E-state index contributed by atoms with van der Waals surface area (Å²) in [6.45, 7) is 8.02. The van der Waals surface area contributed by atoms with Gasteiger partial charge in [0.25, 0.3) is 0 Å². The molecule has 1 atom stereocenters. The van der Waals surface area contributed by atoms with Crippen molar-refractivity contribution < 1.29 is 9.47 Å². The Bertz CT molecular complexity index is 622. The van der Waals surface area contributed by atoms with Gasteiger partial charge in [0.1, 0.15) is 11.5 Å². The summed E-state index contributed by atoms with van der Waals surface area (Å²) in [6.07, 6.45) is 1.97. The predicted molar refractivity (Wildman–Crippen MR) is 100 cm³/mol. The number of hydrogen-bond acceptors (Lipinski definition) is 3. The summed E-state index contributed by atoms with van der Waals surface area (Å²) in [5.74, 6) is 1.95. The molecule has 130 valence electrons. The molecule has 0 aliphatic carbocycles. The molecule has 0 spiro atoms. The first-order valence-electron chi connectivity index (χ1n) is 8.89. The van der Waals surface area contributed by atoms with Crippen molar-refractivity contribution in [3.63, 3.8) is 0 Å². The second-order valence-corrected chi connectivity index (χ2v) is 5.87. The van der Waals surface area contributed by atoms with Crippen molar-refractivity contribution in [1.29, 1.82) is 0 Å². The Morgan fingerprint density at radius 3 is 2.12 bits per heavy atom. The van der Waals surface area contributed by atoms with Crippen LogP contribution < -0.4 is 15.2 Å². The molecule has 0 aliphatic rings. The third-order valence-corrected chi connectivity index (χ3v) is 4.23. The number of hydrogen-bond donors (Lipinski definition) is 1. The molecule has 0 saturated carbocycles. The lowest BCUT2D eigenvalue weighted by molar-refractivity contribution is 0.319. The average Bonchev–Trinajstić information content (AvgIpc) is 2.61. The van der Waals surface area contributed by atoms with E-state index in [1.807, 2.05) is 26.0 Å². The fourth-order valence-electron chi connectivity index (χ4n) is 2.90. The van der Waals surface area contributed by atoms with Crippen molar-refractivity contribution in [2.45, 2.75) is 39.5 Å². The van der Waals surface area contributed by atoms with E-state index in [9.17, 15) is 0 Å². The second-order valence-electron chi connectivity index (χ2n) is 5.87. The van der Waals surface area contributed by atoms with E-state index in [1.165, 1.54) is 11.1 Å². The molecule has 2 aromatic carbocycles. The maximum absolute atomic E-state index is 6.08. The zero-order valence-electron chi connectivity index (χ0n) is 15.0. The summed E-state index contributed by atoms with van der Waals surface area (Å²) in [6, 6.07) is 14.9. The lowest BCUT2D eigenvalue weighted by Crippen LogP contribution is -2.16. The molecule has 1 unspecified atom stereocenters. The lowest BCUT2D eigenvalue weighted by Gasteiger charge is -2.20. The van der Waals surface area contributed by atoms with Crippen LogP contribution in [0.4, 0.5) is 0 Å². The zero-order chi connectivity index (χ0) is 17.4. The molecule has 2 N–H and O–H groups in total. The zero-order valence-corrected chi connectivity index (χ0v) is 15.0. The fraction of sp³-hybridized carbons (Fsp3) is 0.429. The molecule has 0 bridgehead atoms. The van der Waals surface area contributed by atoms with Crippen LogP contribution in [0.25, 0.3) is 0 Å². The average molecular weight is 327 g/mol. The Hall–Kier alpha value is -2.00. The van der Waals surface area contributed by atoms with Gasteiger partial charge in [-0.05, 0) is 56.0 Å². The van der Waals surface area contributed by atoms with E-state index in [4.69, 9.17) is 15.2 Å². The molecule has 24 heavy (non-hydrogen) atoms. The molecule has 0 radical (unpaired) electrons. The van der Waals surface area contributed by atoms with Crippen LogP contribution in [0.1, 0.15) is 43.4 Å². The summed E-state index contributed by atoms with van der Waals surface area (Å²) in [5.41, 5.74) is 9.90. The summed E-state index contributed by atoms with van der Waals surface area (Å²) in [7, 11) is 0. The Morgan fingerprint density at radius 2 is 1.54 bits per heavy atom. The quantitative estimate of drug-likeness (QED) is 0.745. The Kier molecular flexibility index (Phi) is 7.13. The molecule has 0 heterocycles. The number of ether oxygens (including phenoxy) is 2. The van der Waals surface area contributed by atoms with Crippen LogP contribution >= 0.6 is 0 Å². The normalized spacial score (nSPS) is 12.0. The van der Waals surface area contributed by atoms with Crippen molar-refractivity contribution in [1.82, 2.24) is 0 Å². The van der Waals surface area contributed by atoms with Crippen molar-refractivity contribution in [3.8, 4) is 11.5 Å². The van der Waals surface area contributed by atoms with E-state index in [1.54, 1.807) is 0 Å². The van der Waals surface area contributed by atoms with Gasteiger partial charge in [-0.1, -0.05) is 37.3 Å². The van der Waals surface area contributed by atoms with Crippen molar-refractivity contribution in [2.75, 3.05) is 19.8 Å². The first-order chi connectivity index (χ1) is 11.7. The Morgan fingerprint density at radius 1 is 0.875 bits per heavy atom. The van der Waals surface area contributed by atoms with Gasteiger partial charge in [-0.2, -0.15) is 0 Å². The second kappa shape index (κ2) is 9.33. The lowest BCUT2D eigenvalue weighted by atomic mass is 9.91. The van der Waals surface area contributed by atoms with Gasteiger partial charge >= 0.3 is 0 Å². The summed E-state index contributed by atoms with van der Waals surface area (Å²) < 4.78 is 11.4. The molecule has 3 heteroatoms. The van der Waals surface area contributed by atoms with Crippen LogP contribution in [0, 0.1) is 0 Å². The predicted octanol–water partition coefficient (Wildman–Crippen LogP) is 4.33. The number of aryl methyl sites for hydroxylation is 1. The minimum Gasteiger partial charge on any atom is -0.494 e. The van der Waals surface area contributed by atoms with Gasteiger partial charge in [0, 0.05) is 12.0 Å². The summed E-state index contributed by atoms with van der Waals surface area (Å²) in [4.78, 5) is 0. The van der Waals surface area contributed by atoms with E-state index in [0.717, 1.165) is 29.9 Å². The molecule has 3 nitrogen and oxygen atoms in total. The highest BCUT2D eigenvalue weighted by Crippen LogP contribution is 2.32. The summed E-state index contributed by atoms with van der Waals surface area (Å²) >= 11 is 0. The highest BCUT2D eigenvalue weighted by atomic mass is 16.5. The van der Waals surface area contributed by atoms with Gasteiger partial charge in [-0.3, -0.25) is 0 Å². The van der Waals surface area contributed by atoms with Crippen molar-refractivity contribution >= 4 is 0 Å². The molecule has 0 amide bonds. The van der Waals surface area contributed by atoms with Crippen LogP contribution in [0.3, 0.4) is 0 Å².